The first-order chi connectivity index (χ1) is 17.1. The van der Waals surface area contributed by atoms with Gasteiger partial charge in [0.1, 0.15) is 6.61 Å². The zero-order valence-electron chi connectivity index (χ0n) is 20.4. The van der Waals surface area contributed by atoms with Crippen LogP contribution in [0.3, 0.4) is 0 Å². The molecule has 0 fully saturated rings. The van der Waals surface area contributed by atoms with Gasteiger partial charge in [-0.3, -0.25) is 4.79 Å². The number of amides is 1. The van der Waals surface area contributed by atoms with Gasteiger partial charge in [-0.2, -0.15) is 0 Å². The van der Waals surface area contributed by atoms with Crippen LogP contribution in [0.2, 0.25) is 0 Å². The van der Waals surface area contributed by atoms with Crippen molar-refractivity contribution in [3.63, 3.8) is 0 Å². The maximum absolute atomic E-state index is 12.4. The van der Waals surface area contributed by atoms with E-state index in [0.29, 0.717) is 36.9 Å². The summed E-state index contributed by atoms with van der Waals surface area (Å²) in [5.41, 5.74) is 3.73. The van der Waals surface area contributed by atoms with Crippen molar-refractivity contribution in [2.24, 2.45) is 0 Å². The van der Waals surface area contributed by atoms with Crippen LogP contribution in [-0.2, 0) is 29.1 Å². The van der Waals surface area contributed by atoms with Crippen molar-refractivity contribution in [1.82, 2.24) is 5.32 Å². The fourth-order valence-corrected chi connectivity index (χ4v) is 3.66. The first-order valence-corrected chi connectivity index (χ1v) is 13.0. The third kappa shape index (κ3) is 10.9. The molecule has 1 atom stereocenters. The molecule has 0 aliphatic carbocycles. The van der Waals surface area contributed by atoms with E-state index >= 15 is 0 Å². The molecule has 35 heavy (non-hydrogen) atoms. The summed E-state index contributed by atoms with van der Waals surface area (Å²) in [6, 6.07) is 26.9. The maximum atomic E-state index is 12.4. The van der Waals surface area contributed by atoms with Crippen molar-refractivity contribution in [3.05, 3.63) is 107 Å². The normalized spacial score (nSPS) is 11.1. The number of carbonyl (C=O) groups is 2. The number of ketones is 1. The van der Waals surface area contributed by atoms with E-state index in [2.05, 4.69) is 21.2 Å². The van der Waals surface area contributed by atoms with Crippen LogP contribution in [0.4, 0.5) is 4.79 Å². The van der Waals surface area contributed by atoms with Crippen LogP contribution >= 0.6 is 15.9 Å². The van der Waals surface area contributed by atoms with Gasteiger partial charge >= 0.3 is 6.09 Å². The minimum Gasteiger partial charge on any atom is -0.445 e. The number of hydrogen-bond acceptors (Lipinski definition) is 4. The zero-order valence-corrected chi connectivity index (χ0v) is 22.0. The Morgan fingerprint density at radius 3 is 1.94 bits per heavy atom. The van der Waals surface area contributed by atoms with E-state index in [4.69, 9.17) is 9.47 Å². The lowest BCUT2D eigenvalue weighted by Gasteiger charge is -2.19. The highest BCUT2D eigenvalue weighted by atomic mass is 79.9. The Morgan fingerprint density at radius 1 is 0.800 bits per heavy atom. The molecular weight excluding hydrogens is 506 g/mol. The minimum atomic E-state index is -0.460. The van der Waals surface area contributed by atoms with Gasteiger partial charge in [0.05, 0.1) is 11.9 Å². The number of alkyl halides is 1. The van der Waals surface area contributed by atoms with Gasteiger partial charge in [0.15, 0.2) is 5.78 Å². The van der Waals surface area contributed by atoms with Crippen molar-refractivity contribution in [3.8, 4) is 0 Å². The summed E-state index contributed by atoms with van der Waals surface area (Å²) >= 11 is 3.20. The van der Waals surface area contributed by atoms with E-state index in [0.717, 1.165) is 16.7 Å². The molecular formula is C29H34BrNO4. The Labute approximate surface area is 217 Å². The van der Waals surface area contributed by atoms with Crippen molar-refractivity contribution in [2.45, 2.75) is 45.9 Å². The molecule has 5 nitrogen and oxygen atoms in total. The van der Waals surface area contributed by atoms with Gasteiger partial charge in [-0.25, -0.2) is 4.79 Å². The van der Waals surface area contributed by atoms with Gasteiger partial charge in [-0.05, 0) is 29.5 Å². The Balaban J connectivity index is 0.00000210. The second-order valence-electron chi connectivity index (χ2n) is 7.69. The Morgan fingerprint density at radius 2 is 1.37 bits per heavy atom. The molecule has 0 unspecified atom stereocenters. The number of halogens is 1. The first-order valence-electron chi connectivity index (χ1n) is 11.9. The second kappa shape index (κ2) is 16.6. The van der Waals surface area contributed by atoms with Crippen molar-refractivity contribution in [1.29, 1.82) is 0 Å². The first kappa shape index (κ1) is 28.3. The Hall–Kier alpha value is -2.96. The number of rotatable bonds is 12. The molecule has 3 aromatic carbocycles. The van der Waals surface area contributed by atoms with E-state index < -0.39 is 6.09 Å². The fourth-order valence-electron chi connectivity index (χ4n) is 3.33. The molecule has 1 N–H and O–H groups in total. The van der Waals surface area contributed by atoms with Crippen LogP contribution in [-0.4, -0.2) is 29.9 Å². The number of hydrogen-bond donors (Lipinski definition) is 1. The van der Waals surface area contributed by atoms with Gasteiger partial charge in [0.2, 0.25) is 0 Å². The summed E-state index contributed by atoms with van der Waals surface area (Å²) in [4.78, 5) is 24.3. The lowest BCUT2D eigenvalue weighted by molar-refractivity contribution is 0.102. The van der Waals surface area contributed by atoms with Gasteiger partial charge in [0, 0.05) is 18.2 Å². The number of ether oxygens (including phenoxy) is 2. The predicted octanol–water partition coefficient (Wildman–Crippen LogP) is 6.73. The van der Waals surface area contributed by atoms with Crippen LogP contribution in [0.5, 0.6) is 0 Å². The van der Waals surface area contributed by atoms with Crippen molar-refractivity contribution >= 4 is 27.8 Å². The molecule has 0 aromatic heterocycles. The molecule has 0 spiro atoms. The predicted molar refractivity (Wildman–Crippen MR) is 144 cm³/mol. The van der Waals surface area contributed by atoms with E-state index in [1.807, 2.05) is 98.8 Å². The standard InChI is InChI=1S/C27H28BrNO4.C2H6/c28-18-26(30)24-13-11-21(12-14-24)17-25(15-16-32-19-22-7-3-1-4-8-22)29-27(31)33-20-23-9-5-2-6-10-23;1-2/h1-14,25H,15-20H2,(H,29,31);1-2H3/t25-;/m1./s1. The molecule has 0 saturated heterocycles. The lowest BCUT2D eigenvalue weighted by atomic mass is 10.0. The molecule has 0 radical (unpaired) electrons. The topological polar surface area (TPSA) is 64.6 Å². The zero-order chi connectivity index (χ0) is 25.3. The fraction of sp³-hybridized carbons (Fsp3) is 0.310. The molecule has 6 heteroatoms. The summed E-state index contributed by atoms with van der Waals surface area (Å²) in [5.74, 6) is 0.0371. The average molecular weight is 540 g/mol. The summed E-state index contributed by atoms with van der Waals surface area (Å²) in [6.07, 6.45) is 0.783. The highest BCUT2D eigenvalue weighted by Gasteiger charge is 2.15. The van der Waals surface area contributed by atoms with Crippen LogP contribution in [0.15, 0.2) is 84.9 Å². The van der Waals surface area contributed by atoms with Gasteiger partial charge < -0.3 is 14.8 Å². The summed E-state index contributed by atoms with van der Waals surface area (Å²) in [5, 5.41) is 3.26. The van der Waals surface area contributed by atoms with E-state index in [-0.39, 0.29) is 18.4 Å². The minimum absolute atomic E-state index is 0.0371. The third-order valence-corrected chi connectivity index (χ3v) is 5.65. The summed E-state index contributed by atoms with van der Waals surface area (Å²) < 4.78 is 11.2. The number of carbonyl (C=O) groups excluding carboxylic acids is 2. The number of nitrogens with one attached hydrogen (secondary N) is 1. The van der Waals surface area contributed by atoms with Crippen LogP contribution in [0, 0.1) is 0 Å². The molecule has 0 saturated carbocycles. The van der Waals surface area contributed by atoms with Gasteiger partial charge in [-0.1, -0.05) is 115 Å². The van der Waals surface area contributed by atoms with E-state index in [9.17, 15) is 9.59 Å². The quantitative estimate of drug-likeness (QED) is 0.157. The van der Waals surface area contributed by atoms with E-state index in [1.165, 1.54) is 0 Å². The highest BCUT2D eigenvalue weighted by molar-refractivity contribution is 9.09. The third-order valence-electron chi connectivity index (χ3n) is 5.14. The molecule has 3 rings (SSSR count). The second-order valence-corrected chi connectivity index (χ2v) is 8.25. The number of alkyl carbamates (subject to hydrolysis) is 1. The maximum Gasteiger partial charge on any atom is 0.407 e. The number of benzene rings is 3. The van der Waals surface area contributed by atoms with Crippen molar-refractivity contribution in [2.75, 3.05) is 11.9 Å². The molecule has 3 aromatic rings. The molecule has 1 amide bonds. The smallest absolute Gasteiger partial charge is 0.407 e. The number of Topliss-reactive ketones (excluding diaryl/α,β-unsaturated/α-hetero) is 1. The molecule has 0 aliphatic rings. The van der Waals surface area contributed by atoms with Gasteiger partial charge in [0.25, 0.3) is 0 Å². The average Bonchev–Trinajstić information content (AvgIpc) is 2.92. The monoisotopic (exact) mass is 539 g/mol. The SMILES string of the molecule is CC.O=C(N[C@H](CCOCc1ccccc1)Cc1ccc(C(=O)CBr)cc1)OCc1ccccc1. The Kier molecular flexibility index (Phi) is 13.4. The van der Waals surface area contributed by atoms with Crippen LogP contribution < -0.4 is 5.32 Å². The molecule has 186 valence electrons. The molecule has 0 bridgehead atoms. The Bertz CT molecular complexity index is 994. The van der Waals surface area contributed by atoms with Crippen LogP contribution in [0.25, 0.3) is 0 Å². The lowest BCUT2D eigenvalue weighted by Crippen LogP contribution is -2.37. The summed E-state index contributed by atoms with van der Waals surface area (Å²) in [6.45, 7) is 5.24. The largest absolute Gasteiger partial charge is 0.445 e. The summed E-state index contributed by atoms with van der Waals surface area (Å²) in [7, 11) is 0. The highest BCUT2D eigenvalue weighted by Crippen LogP contribution is 2.12. The molecule has 0 aliphatic heterocycles. The molecule has 0 heterocycles. The van der Waals surface area contributed by atoms with E-state index in [1.54, 1.807) is 0 Å². The van der Waals surface area contributed by atoms with Gasteiger partial charge in [-0.15, -0.1) is 0 Å². The van der Waals surface area contributed by atoms with Crippen molar-refractivity contribution < 1.29 is 19.1 Å². The van der Waals surface area contributed by atoms with Crippen LogP contribution in [0.1, 0.15) is 47.3 Å².